The molecule has 118 valence electrons. The van der Waals surface area contributed by atoms with Gasteiger partial charge in [0.15, 0.2) is 0 Å². The molecule has 2 rings (SSSR count). The van der Waals surface area contributed by atoms with Gasteiger partial charge >= 0.3 is 0 Å². The fourth-order valence-electron chi connectivity index (χ4n) is 2.31. The van der Waals surface area contributed by atoms with E-state index in [9.17, 15) is 13.2 Å². The van der Waals surface area contributed by atoms with Crippen molar-refractivity contribution in [3.8, 4) is 0 Å². The van der Waals surface area contributed by atoms with Crippen LogP contribution in [0.2, 0.25) is 0 Å². The van der Waals surface area contributed by atoms with E-state index in [2.05, 4.69) is 10.4 Å². The monoisotopic (exact) mass is 314 g/mol. The maximum Gasteiger partial charge on any atom is 0.240 e. The van der Waals surface area contributed by atoms with Crippen molar-refractivity contribution >= 4 is 21.7 Å². The highest BCUT2D eigenvalue weighted by atomic mass is 32.2. The highest BCUT2D eigenvalue weighted by Gasteiger charge is 2.30. The topological polar surface area (TPSA) is 84.3 Å². The second-order valence-corrected chi connectivity index (χ2v) is 8.39. The first-order valence-corrected chi connectivity index (χ1v) is 8.55. The Morgan fingerprint density at radius 2 is 2.10 bits per heavy atom. The summed E-state index contributed by atoms with van der Waals surface area (Å²) in [5.74, 6) is 0.367. The lowest BCUT2D eigenvalue weighted by Crippen LogP contribution is -2.35. The van der Waals surface area contributed by atoms with Crippen molar-refractivity contribution in [3.05, 3.63) is 11.8 Å². The second kappa shape index (κ2) is 5.42. The number of anilines is 1. The zero-order valence-electron chi connectivity index (χ0n) is 12.9. The molecule has 0 aliphatic carbocycles. The number of sulfonamides is 1. The molecule has 8 heteroatoms. The van der Waals surface area contributed by atoms with Crippen molar-refractivity contribution in [1.82, 2.24) is 14.1 Å². The molecule has 1 aliphatic rings. The summed E-state index contributed by atoms with van der Waals surface area (Å²) < 4.78 is 26.4. The van der Waals surface area contributed by atoms with E-state index in [1.165, 1.54) is 4.31 Å². The summed E-state index contributed by atoms with van der Waals surface area (Å²) >= 11 is 0. The molecule has 1 aliphatic heterocycles. The number of rotatable bonds is 3. The molecule has 0 bridgehead atoms. The molecule has 1 N–H and O–H groups in total. The number of hydrogen-bond acceptors (Lipinski definition) is 4. The normalized spacial score (nSPS) is 18.9. The minimum Gasteiger partial charge on any atom is -0.310 e. The van der Waals surface area contributed by atoms with E-state index < -0.39 is 10.0 Å². The third kappa shape index (κ3) is 3.62. The van der Waals surface area contributed by atoms with Gasteiger partial charge in [0.2, 0.25) is 15.9 Å². The molecule has 1 amide bonds. The van der Waals surface area contributed by atoms with Crippen LogP contribution >= 0.6 is 0 Å². The number of hydrogen-bond donors (Lipinski definition) is 1. The summed E-state index contributed by atoms with van der Waals surface area (Å²) in [6.45, 7) is 8.08. The van der Waals surface area contributed by atoms with Gasteiger partial charge in [-0.3, -0.25) is 4.79 Å². The van der Waals surface area contributed by atoms with Gasteiger partial charge in [0, 0.05) is 12.6 Å². The molecule has 21 heavy (non-hydrogen) atoms. The molecular weight excluding hydrogens is 292 g/mol. The van der Waals surface area contributed by atoms with E-state index in [0.717, 1.165) is 5.69 Å². The standard InChI is InChI=1S/C13H22N4O3S/c1-10-8-11(17(15-10)13(2,3)4)14-12(18)9-16-6-5-7-21(16,19)20/h8H,5-7,9H2,1-4H3,(H,14,18). The van der Waals surface area contributed by atoms with Crippen molar-refractivity contribution in [2.24, 2.45) is 0 Å². The Hall–Kier alpha value is -1.41. The van der Waals surface area contributed by atoms with Crippen LogP contribution in [-0.4, -0.2) is 47.3 Å². The molecule has 7 nitrogen and oxygen atoms in total. The summed E-state index contributed by atoms with van der Waals surface area (Å²) in [4.78, 5) is 12.1. The van der Waals surface area contributed by atoms with Crippen LogP contribution in [0.15, 0.2) is 6.07 Å². The van der Waals surface area contributed by atoms with Crippen LogP contribution < -0.4 is 5.32 Å². The van der Waals surface area contributed by atoms with Gasteiger partial charge in [-0.1, -0.05) is 0 Å². The van der Waals surface area contributed by atoms with Crippen LogP contribution in [-0.2, 0) is 20.4 Å². The van der Waals surface area contributed by atoms with Crippen LogP contribution in [0.25, 0.3) is 0 Å². The van der Waals surface area contributed by atoms with E-state index in [1.807, 2.05) is 27.7 Å². The quantitative estimate of drug-likeness (QED) is 0.899. The molecule has 2 heterocycles. The van der Waals surface area contributed by atoms with Crippen molar-refractivity contribution in [2.75, 3.05) is 24.2 Å². The lowest BCUT2D eigenvalue weighted by molar-refractivity contribution is -0.116. The van der Waals surface area contributed by atoms with Crippen LogP contribution in [0.4, 0.5) is 5.82 Å². The van der Waals surface area contributed by atoms with Gasteiger partial charge in [-0.05, 0) is 34.1 Å². The summed E-state index contributed by atoms with van der Waals surface area (Å²) in [6, 6.07) is 1.78. The minimum atomic E-state index is -3.26. The summed E-state index contributed by atoms with van der Waals surface area (Å²) in [7, 11) is -3.26. The first-order chi connectivity index (χ1) is 9.59. The Labute approximate surface area is 125 Å². The van der Waals surface area contributed by atoms with Gasteiger partial charge in [-0.25, -0.2) is 13.1 Å². The zero-order valence-corrected chi connectivity index (χ0v) is 13.7. The van der Waals surface area contributed by atoms with Crippen LogP contribution in [0.1, 0.15) is 32.9 Å². The predicted octanol–water partition coefficient (Wildman–Crippen LogP) is 0.921. The Kier molecular flexibility index (Phi) is 4.12. The first kappa shape index (κ1) is 16.0. The molecular formula is C13H22N4O3S. The third-order valence-electron chi connectivity index (χ3n) is 3.26. The van der Waals surface area contributed by atoms with E-state index in [-0.39, 0.29) is 23.7 Å². The highest BCUT2D eigenvalue weighted by molar-refractivity contribution is 7.89. The average molecular weight is 314 g/mol. The largest absolute Gasteiger partial charge is 0.310 e. The van der Waals surface area contributed by atoms with Gasteiger partial charge in [0.25, 0.3) is 0 Å². The number of nitrogens with zero attached hydrogens (tertiary/aromatic N) is 3. The lowest BCUT2D eigenvalue weighted by atomic mass is 10.1. The summed E-state index contributed by atoms with van der Waals surface area (Å²) in [5.41, 5.74) is 0.533. The SMILES string of the molecule is Cc1cc(NC(=O)CN2CCCS2(=O)=O)n(C(C)(C)C)n1. The second-order valence-electron chi connectivity index (χ2n) is 6.30. The number of carbonyl (C=O) groups excluding carboxylic acids is 1. The van der Waals surface area contributed by atoms with Crippen LogP contribution in [0.3, 0.4) is 0 Å². The van der Waals surface area contributed by atoms with Crippen LogP contribution in [0, 0.1) is 6.92 Å². The summed E-state index contributed by atoms with van der Waals surface area (Å²) in [5, 5.41) is 7.12. The van der Waals surface area contributed by atoms with Gasteiger partial charge in [0.1, 0.15) is 5.82 Å². The molecule has 0 radical (unpaired) electrons. The molecule has 1 aromatic rings. The van der Waals surface area contributed by atoms with E-state index in [4.69, 9.17) is 0 Å². The first-order valence-electron chi connectivity index (χ1n) is 6.94. The molecule has 0 aromatic carbocycles. The van der Waals surface area contributed by atoms with Gasteiger partial charge in [-0.15, -0.1) is 0 Å². The molecule has 0 spiro atoms. The predicted molar refractivity (Wildman–Crippen MR) is 80.6 cm³/mol. The molecule has 0 saturated carbocycles. The molecule has 0 unspecified atom stereocenters. The van der Waals surface area contributed by atoms with Crippen molar-refractivity contribution in [2.45, 2.75) is 39.7 Å². The molecule has 1 fully saturated rings. The van der Waals surface area contributed by atoms with E-state index >= 15 is 0 Å². The minimum absolute atomic E-state index is 0.124. The number of aromatic nitrogens is 2. The summed E-state index contributed by atoms with van der Waals surface area (Å²) in [6.07, 6.45) is 0.578. The van der Waals surface area contributed by atoms with Gasteiger partial charge in [0.05, 0.1) is 23.5 Å². The van der Waals surface area contributed by atoms with E-state index in [1.54, 1.807) is 10.7 Å². The van der Waals surface area contributed by atoms with Crippen molar-refractivity contribution in [1.29, 1.82) is 0 Å². The van der Waals surface area contributed by atoms with Crippen LogP contribution in [0.5, 0.6) is 0 Å². The highest BCUT2D eigenvalue weighted by Crippen LogP contribution is 2.21. The molecule has 0 atom stereocenters. The third-order valence-corrected chi connectivity index (χ3v) is 5.16. The van der Waals surface area contributed by atoms with E-state index in [0.29, 0.717) is 18.8 Å². The molecule has 1 saturated heterocycles. The lowest BCUT2D eigenvalue weighted by Gasteiger charge is -2.22. The Morgan fingerprint density at radius 3 is 2.62 bits per heavy atom. The number of nitrogens with one attached hydrogen (secondary N) is 1. The average Bonchev–Trinajstić information content (AvgIpc) is 2.82. The smallest absolute Gasteiger partial charge is 0.240 e. The van der Waals surface area contributed by atoms with Crippen molar-refractivity contribution in [3.63, 3.8) is 0 Å². The van der Waals surface area contributed by atoms with Crippen molar-refractivity contribution < 1.29 is 13.2 Å². The number of carbonyl (C=O) groups is 1. The zero-order chi connectivity index (χ0) is 15.8. The number of aryl methyl sites for hydroxylation is 1. The maximum atomic E-state index is 12.1. The number of amides is 1. The Bertz CT molecular complexity index is 643. The Balaban J connectivity index is 2.10. The van der Waals surface area contributed by atoms with Gasteiger partial charge < -0.3 is 5.32 Å². The Morgan fingerprint density at radius 1 is 1.43 bits per heavy atom. The maximum absolute atomic E-state index is 12.1. The fraction of sp³-hybridized carbons (Fsp3) is 0.692. The van der Waals surface area contributed by atoms with Gasteiger partial charge in [-0.2, -0.15) is 9.40 Å². The molecule has 1 aromatic heterocycles. The fourth-order valence-corrected chi connectivity index (χ4v) is 3.78.